The summed E-state index contributed by atoms with van der Waals surface area (Å²) in [7, 11) is 0. The Labute approximate surface area is 248 Å². The van der Waals surface area contributed by atoms with Crippen LogP contribution in [0.4, 0.5) is 5.00 Å². The van der Waals surface area contributed by atoms with Gasteiger partial charge in [0, 0.05) is 16.0 Å². The Hall–Kier alpha value is -5.26. The molecule has 0 spiro atoms. The fourth-order valence-electron chi connectivity index (χ4n) is 4.50. The molecule has 0 aliphatic rings. The van der Waals surface area contributed by atoms with Crippen LogP contribution in [-0.4, -0.2) is 28.3 Å². The van der Waals surface area contributed by atoms with Gasteiger partial charge in [-0.15, -0.1) is 11.3 Å². The topological polar surface area (TPSA) is 97.0 Å². The Kier molecular flexibility index (Phi) is 8.42. The number of nitrogens with one attached hydrogen (secondary N) is 1. The number of carbonyl (C=O) groups excluding carboxylic acids is 2. The second-order valence-corrected chi connectivity index (χ2v) is 10.7. The van der Waals surface area contributed by atoms with Crippen LogP contribution in [0.15, 0.2) is 96.6 Å². The first-order valence-corrected chi connectivity index (χ1v) is 14.2. The lowest BCUT2D eigenvalue weighted by atomic mass is 10.1. The summed E-state index contributed by atoms with van der Waals surface area (Å²) in [6.07, 6.45) is 1.52. The van der Waals surface area contributed by atoms with Crippen molar-refractivity contribution in [1.82, 2.24) is 9.78 Å². The zero-order valence-electron chi connectivity index (χ0n) is 23.4. The molecule has 0 atom stereocenters. The maximum Gasteiger partial charge on any atom is 0.341 e. The van der Waals surface area contributed by atoms with E-state index in [-0.39, 0.29) is 12.2 Å². The van der Waals surface area contributed by atoms with Crippen LogP contribution in [0.2, 0.25) is 0 Å². The number of aryl methyl sites for hydroxylation is 1. The van der Waals surface area contributed by atoms with Gasteiger partial charge in [0.2, 0.25) is 0 Å². The summed E-state index contributed by atoms with van der Waals surface area (Å²) < 4.78 is 7.06. The van der Waals surface area contributed by atoms with Gasteiger partial charge < -0.3 is 10.1 Å². The van der Waals surface area contributed by atoms with Gasteiger partial charge in [-0.2, -0.15) is 10.4 Å². The third kappa shape index (κ3) is 5.92. The Morgan fingerprint density at radius 2 is 1.62 bits per heavy atom. The number of aromatic nitrogens is 2. The maximum atomic E-state index is 13.1. The molecule has 7 nitrogen and oxygen atoms in total. The van der Waals surface area contributed by atoms with Crippen molar-refractivity contribution in [3.8, 4) is 34.3 Å². The van der Waals surface area contributed by atoms with Crippen molar-refractivity contribution < 1.29 is 14.3 Å². The van der Waals surface area contributed by atoms with E-state index in [2.05, 4.69) is 11.4 Å². The Bertz CT molecular complexity index is 1810. The predicted octanol–water partition coefficient (Wildman–Crippen LogP) is 7.61. The molecular formula is C34H28N4O3S. The minimum Gasteiger partial charge on any atom is -0.462 e. The number of rotatable bonds is 8. The number of nitriles is 1. The van der Waals surface area contributed by atoms with Crippen LogP contribution in [0, 0.1) is 25.2 Å². The third-order valence-electron chi connectivity index (χ3n) is 6.75. The highest BCUT2D eigenvalue weighted by Gasteiger charge is 2.23. The number of nitrogens with zero attached hydrogens (tertiary/aromatic N) is 3. The van der Waals surface area contributed by atoms with Crippen molar-refractivity contribution in [1.29, 1.82) is 5.26 Å². The highest BCUT2D eigenvalue weighted by molar-refractivity contribution is 7.16. The smallest absolute Gasteiger partial charge is 0.341 e. The van der Waals surface area contributed by atoms with Crippen LogP contribution >= 0.6 is 11.3 Å². The zero-order chi connectivity index (χ0) is 29.6. The molecule has 0 unspecified atom stereocenters. The number of thiophene rings is 1. The van der Waals surface area contributed by atoms with E-state index < -0.39 is 11.9 Å². The molecule has 0 saturated carbocycles. The number of esters is 1. The number of amides is 1. The van der Waals surface area contributed by atoms with Gasteiger partial charge in [-0.25, -0.2) is 9.48 Å². The van der Waals surface area contributed by atoms with Gasteiger partial charge >= 0.3 is 5.97 Å². The number of anilines is 1. The van der Waals surface area contributed by atoms with Crippen molar-refractivity contribution in [3.05, 3.63) is 118 Å². The monoisotopic (exact) mass is 572 g/mol. The highest BCUT2D eigenvalue weighted by atomic mass is 32.1. The molecule has 42 heavy (non-hydrogen) atoms. The van der Waals surface area contributed by atoms with Gasteiger partial charge in [0.25, 0.3) is 5.91 Å². The highest BCUT2D eigenvalue weighted by Crippen LogP contribution is 2.33. The quantitative estimate of drug-likeness (QED) is 0.117. The lowest BCUT2D eigenvalue weighted by molar-refractivity contribution is -0.112. The van der Waals surface area contributed by atoms with Gasteiger partial charge in [-0.05, 0) is 56.2 Å². The van der Waals surface area contributed by atoms with Crippen LogP contribution in [-0.2, 0) is 9.53 Å². The maximum absolute atomic E-state index is 13.1. The van der Waals surface area contributed by atoms with Gasteiger partial charge in [0.1, 0.15) is 16.6 Å². The summed E-state index contributed by atoms with van der Waals surface area (Å²) in [4.78, 5) is 26.5. The number of hydrogen-bond acceptors (Lipinski definition) is 6. The Balaban J connectivity index is 1.43. The molecule has 5 aromatic rings. The minimum atomic E-state index is -0.598. The minimum absolute atomic E-state index is 0.0864. The fourth-order valence-corrected chi connectivity index (χ4v) is 5.55. The molecule has 2 aromatic heterocycles. The molecule has 2 heterocycles. The molecule has 3 aromatic carbocycles. The molecule has 5 rings (SSSR count). The summed E-state index contributed by atoms with van der Waals surface area (Å²) >= 11 is 1.28. The number of hydrogen-bond donors (Lipinski definition) is 1. The lowest BCUT2D eigenvalue weighted by Crippen LogP contribution is -2.16. The normalized spacial score (nSPS) is 11.1. The molecule has 0 saturated heterocycles. The first kappa shape index (κ1) is 28.3. The van der Waals surface area contributed by atoms with E-state index in [1.165, 1.54) is 17.4 Å². The predicted molar refractivity (Wildman–Crippen MR) is 166 cm³/mol. The molecule has 0 bridgehead atoms. The molecular weight excluding hydrogens is 544 g/mol. The SMILES string of the molecule is CCOC(=O)c1c(NC(=O)C(C#N)=Cc2ccc(-n3nc(-c4ccccc4)cc3-c3ccccc3)cc2)sc(C)c1C. The molecule has 1 amide bonds. The van der Waals surface area contributed by atoms with Gasteiger partial charge in [0.15, 0.2) is 0 Å². The van der Waals surface area contributed by atoms with Crippen molar-refractivity contribution in [2.45, 2.75) is 20.8 Å². The molecule has 1 N–H and O–H groups in total. The van der Waals surface area contributed by atoms with Crippen molar-refractivity contribution in [2.75, 3.05) is 11.9 Å². The molecule has 0 fully saturated rings. The van der Waals surface area contributed by atoms with E-state index in [0.29, 0.717) is 16.1 Å². The number of ether oxygens (including phenoxy) is 1. The molecule has 208 valence electrons. The first-order chi connectivity index (χ1) is 20.4. The zero-order valence-corrected chi connectivity index (χ0v) is 24.2. The Morgan fingerprint density at radius 3 is 2.24 bits per heavy atom. The van der Waals surface area contributed by atoms with Crippen LogP contribution in [0.3, 0.4) is 0 Å². The second kappa shape index (κ2) is 12.5. The fraction of sp³-hybridized carbons (Fsp3) is 0.118. The summed E-state index contributed by atoms with van der Waals surface area (Å²) in [6, 6.07) is 31.6. The van der Waals surface area contributed by atoms with Gasteiger partial charge in [-0.1, -0.05) is 72.8 Å². The van der Waals surface area contributed by atoms with Crippen LogP contribution in [0.1, 0.15) is 33.3 Å². The number of benzene rings is 3. The molecule has 0 aliphatic carbocycles. The van der Waals surface area contributed by atoms with Crippen LogP contribution in [0.5, 0.6) is 0 Å². The van der Waals surface area contributed by atoms with E-state index in [0.717, 1.165) is 38.6 Å². The van der Waals surface area contributed by atoms with Crippen molar-refractivity contribution in [3.63, 3.8) is 0 Å². The lowest BCUT2D eigenvalue weighted by Gasteiger charge is -2.09. The largest absolute Gasteiger partial charge is 0.462 e. The number of carbonyl (C=O) groups is 2. The van der Waals surface area contributed by atoms with Crippen LogP contribution in [0.25, 0.3) is 34.3 Å². The molecule has 8 heteroatoms. The van der Waals surface area contributed by atoms with E-state index >= 15 is 0 Å². The van der Waals surface area contributed by atoms with E-state index in [9.17, 15) is 14.9 Å². The van der Waals surface area contributed by atoms with Crippen molar-refractivity contribution >= 4 is 34.3 Å². The third-order valence-corrected chi connectivity index (χ3v) is 7.88. The molecule has 0 aliphatic heterocycles. The Morgan fingerprint density at radius 1 is 0.976 bits per heavy atom. The summed E-state index contributed by atoms with van der Waals surface area (Å²) in [5.41, 5.74) is 6.31. The van der Waals surface area contributed by atoms with Gasteiger partial charge in [0.05, 0.1) is 29.2 Å². The van der Waals surface area contributed by atoms with E-state index in [1.54, 1.807) is 6.92 Å². The van der Waals surface area contributed by atoms with Gasteiger partial charge in [-0.3, -0.25) is 4.79 Å². The first-order valence-electron chi connectivity index (χ1n) is 13.4. The summed E-state index contributed by atoms with van der Waals surface area (Å²) in [5, 5.41) is 17.8. The summed E-state index contributed by atoms with van der Waals surface area (Å²) in [5.74, 6) is -1.10. The average molecular weight is 573 g/mol. The summed E-state index contributed by atoms with van der Waals surface area (Å²) in [6.45, 7) is 5.62. The second-order valence-electron chi connectivity index (χ2n) is 9.48. The standard InChI is InChI=1S/C34H28N4O3S/c1-4-41-34(40)31-22(2)23(3)42-33(31)36-32(39)27(21-35)19-24-15-17-28(18-16-24)38-30(26-13-9-6-10-14-26)20-29(37-38)25-11-7-5-8-12-25/h5-20H,4H2,1-3H3,(H,36,39). The van der Waals surface area contributed by atoms with Crippen LogP contribution < -0.4 is 5.32 Å². The van der Waals surface area contributed by atoms with Crippen molar-refractivity contribution in [2.24, 2.45) is 0 Å². The average Bonchev–Trinajstić information content (AvgIpc) is 3.58. The van der Waals surface area contributed by atoms with E-state index in [4.69, 9.17) is 9.84 Å². The molecule has 0 radical (unpaired) electrons. The van der Waals surface area contributed by atoms with E-state index in [1.807, 2.05) is 110 Å².